The van der Waals surface area contributed by atoms with Gasteiger partial charge in [0, 0.05) is 4.91 Å². The molecule has 0 aromatic heterocycles. The third kappa shape index (κ3) is 3.96. The highest BCUT2D eigenvalue weighted by molar-refractivity contribution is 7.98. The normalized spacial score (nSPS) is 16.4. The fourth-order valence-corrected chi connectivity index (χ4v) is 1.30. The number of hydrogen-bond acceptors (Lipinski definition) is 1. The van der Waals surface area contributed by atoms with Crippen LogP contribution < -0.4 is 0 Å². The predicted molar refractivity (Wildman–Crippen MR) is 55.7 cm³/mol. The molecular weight excluding hydrogens is 171 g/mol. The van der Waals surface area contributed by atoms with Gasteiger partial charge in [-0.15, -0.1) is 0 Å². The van der Waals surface area contributed by atoms with Crippen LogP contribution in [0.3, 0.4) is 0 Å². The summed E-state index contributed by atoms with van der Waals surface area (Å²) in [5.41, 5.74) is 1.12. The van der Waals surface area contributed by atoms with Gasteiger partial charge in [0.1, 0.15) is 0 Å². The second kappa shape index (κ2) is 6.30. The zero-order valence-electron chi connectivity index (χ0n) is 8.23. The minimum absolute atomic E-state index is 0.329. The lowest BCUT2D eigenvalue weighted by atomic mass is 10.1. The van der Waals surface area contributed by atoms with Crippen molar-refractivity contribution < 1.29 is 3.89 Å². The lowest BCUT2D eigenvalue weighted by molar-refractivity contribution is 0.682. The fraction of sp³-hybridized carbons (Fsp3) is 0.600. The van der Waals surface area contributed by atoms with Gasteiger partial charge >= 0.3 is 0 Å². The van der Waals surface area contributed by atoms with Gasteiger partial charge in [0.25, 0.3) is 0 Å². The van der Waals surface area contributed by atoms with Crippen molar-refractivity contribution in [1.29, 1.82) is 0 Å². The summed E-state index contributed by atoms with van der Waals surface area (Å²) in [6, 6.07) is 0. The third-order valence-corrected chi connectivity index (χ3v) is 2.71. The van der Waals surface area contributed by atoms with Crippen molar-refractivity contribution in [2.45, 2.75) is 34.1 Å². The van der Waals surface area contributed by atoms with Crippen molar-refractivity contribution in [2.75, 3.05) is 0 Å². The molecule has 0 rings (SSSR count). The SMILES string of the molecule is C/C=C(C)\C=C(\SF)C(C)CC. The maximum atomic E-state index is 12.4. The Hall–Kier alpha value is -0.240. The Kier molecular flexibility index (Phi) is 6.17. The van der Waals surface area contributed by atoms with Gasteiger partial charge in [-0.3, -0.25) is 0 Å². The minimum Gasteiger partial charge on any atom is -0.160 e. The van der Waals surface area contributed by atoms with E-state index in [0.29, 0.717) is 18.1 Å². The maximum Gasteiger partial charge on any atom is 0.0770 e. The van der Waals surface area contributed by atoms with Crippen LogP contribution in [-0.2, 0) is 0 Å². The van der Waals surface area contributed by atoms with Gasteiger partial charge < -0.3 is 0 Å². The van der Waals surface area contributed by atoms with E-state index in [1.165, 1.54) is 0 Å². The van der Waals surface area contributed by atoms with Crippen LogP contribution in [0.25, 0.3) is 0 Å². The topological polar surface area (TPSA) is 0 Å². The molecule has 0 aromatic rings. The highest BCUT2D eigenvalue weighted by Gasteiger charge is 2.06. The van der Waals surface area contributed by atoms with E-state index >= 15 is 0 Å². The molecule has 0 aliphatic heterocycles. The van der Waals surface area contributed by atoms with Gasteiger partial charge in [-0.1, -0.05) is 25.5 Å². The van der Waals surface area contributed by atoms with Crippen molar-refractivity contribution in [3.63, 3.8) is 0 Å². The smallest absolute Gasteiger partial charge is 0.0770 e. The van der Waals surface area contributed by atoms with Gasteiger partial charge in [-0.05, 0) is 32.3 Å². The molecule has 2 heteroatoms. The van der Waals surface area contributed by atoms with E-state index < -0.39 is 0 Å². The summed E-state index contributed by atoms with van der Waals surface area (Å²) < 4.78 is 12.4. The standard InChI is InChI=1S/C10H17FS/c1-5-8(3)7-10(12-11)9(4)6-2/h5,7,9H,6H2,1-4H3/b8-5-,10-7+. The summed E-state index contributed by atoms with van der Waals surface area (Å²) in [7, 11) is 0. The number of hydrogen-bond donors (Lipinski definition) is 0. The average molecular weight is 188 g/mol. The second-order valence-electron chi connectivity index (χ2n) is 2.97. The summed E-state index contributed by atoms with van der Waals surface area (Å²) >= 11 is 0.367. The first-order valence-electron chi connectivity index (χ1n) is 4.28. The molecular formula is C10H17FS. The Morgan fingerprint density at radius 3 is 2.50 bits per heavy atom. The van der Waals surface area contributed by atoms with E-state index in [9.17, 15) is 3.89 Å². The first-order valence-corrected chi connectivity index (χ1v) is 5.00. The summed E-state index contributed by atoms with van der Waals surface area (Å²) in [5.74, 6) is 0.329. The van der Waals surface area contributed by atoms with Crippen LogP contribution in [0.15, 0.2) is 22.6 Å². The Bertz CT molecular complexity index is 182. The Balaban J connectivity index is 4.42. The molecule has 0 saturated heterocycles. The molecule has 0 bridgehead atoms. The van der Waals surface area contributed by atoms with Gasteiger partial charge in [0.05, 0.1) is 12.1 Å². The minimum atomic E-state index is 0.329. The second-order valence-corrected chi connectivity index (χ2v) is 3.59. The van der Waals surface area contributed by atoms with Crippen LogP contribution in [0.1, 0.15) is 34.1 Å². The lowest BCUT2D eigenvalue weighted by Crippen LogP contribution is -1.92. The maximum absolute atomic E-state index is 12.4. The van der Waals surface area contributed by atoms with Crippen LogP contribution in [0.5, 0.6) is 0 Å². The van der Waals surface area contributed by atoms with Crippen LogP contribution in [0.2, 0.25) is 0 Å². The lowest BCUT2D eigenvalue weighted by Gasteiger charge is -2.08. The monoisotopic (exact) mass is 188 g/mol. The fourth-order valence-electron chi connectivity index (χ4n) is 0.749. The number of halogens is 1. The first kappa shape index (κ1) is 11.8. The van der Waals surface area contributed by atoms with Crippen molar-refractivity contribution >= 4 is 12.1 Å². The van der Waals surface area contributed by atoms with E-state index in [0.717, 1.165) is 16.9 Å². The largest absolute Gasteiger partial charge is 0.160 e. The first-order chi connectivity index (χ1) is 5.65. The van der Waals surface area contributed by atoms with Crippen molar-refractivity contribution in [3.8, 4) is 0 Å². The quantitative estimate of drug-likeness (QED) is 0.585. The molecule has 70 valence electrons. The van der Waals surface area contributed by atoms with E-state index in [4.69, 9.17) is 0 Å². The van der Waals surface area contributed by atoms with E-state index in [2.05, 4.69) is 6.92 Å². The molecule has 12 heavy (non-hydrogen) atoms. The average Bonchev–Trinajstić information content (AvgIpc) is 2.12. The Labute approximate surface area is 79.2 Å². The third-order valence-electron chi connectivity index (χ3n) is 2.01. The van der Waals surface area contributed by atoms with Gasteiger partial charge in [0.2, 0.25) is 0 Å². The van der Waals surface area contributed by atoms with Gasteiger partial charge in [-0.25, -0.2) is 0 Å². The summed E-state index contributed by atoms with van der Waals surface area (Å²) in [6.07, 6.45) is 4.89. The molecule has 0 N–H and O–H groups in total. The molecule has 1 atom stereocenters. The zero-order chi connectivity index (χ0) is 9.56. The predicted octanol–water partition coefficient (Wildman–Crippen LogP) is 4.50. The van der Waals surface area contributed by atoms with E-state index in [-0.39, 0.29) is 0 Å². The molecule has 0 saturated carbocycles. The molecule has 0 nitrogen and oxygen atoms in total. The van der Waals surface area contributed by atoms with Crippen molar-refractivity contribution in [2.24, 2.45) is 5.92 Å². The Morgan fingerprint density at radius 2 is 2.17 bits per heavy atom. The van der Waals surface area contributed by atoms with Gasteiger partial charge in [-0.2, -0.15) is 3.89 Å². The van der Waals surface area contributed by atoms with Gasteiger partial charge in [0.15, 0.2) is 0 Å². The molecule has 0 radical (unpaired) electrons. The summed E-state index contributed by atoms with van der Waals surface area (Å²) in [5, 5.41) is 0. The summed E-state index contributed by atoms with van der Waals surface area (Å²) in [6.45, 7) is 8.06. The van der Waals surface area contributed by atoms with Crippen molar-refractivity contribution in [1.82, 2.24) is 0 Å². The highest BCUT2D eigenvalue weighted by Crippen LogP contribution is 2.28. The van der Waals surface area contributed by atoms with Crippen LogP contribution in [-0.4, -0.2) is 0 Å². The molecule has 0 aliphatic rings. The van der Waals surface area contributed by atoms with Crippen LogP contribution >= 0.6 is 12.1 Å². The molecule has 0 heterocycles. The van der Waals surface area contributed by atoms with E-state index in [1.807, 2.05) is 32.9 Å². The summed E-state index contributed by atoms with van der Waals surface area (Å²) in [4.78, 5) is 0.827. The number of rotatable bonds is 4. The molecule has 1 unspecified atom stereocenters. The van der Waals surface area contributed by atoms with Crippen LogP contribution in [0, 0.1) is 5.92 Å². The molecule has 0 aliphatic carbocycles. The highest BCUT2D eigenvalue weighted by atomic mass is 32.2. The van der Waals surface area contributed by atoms with Crippen molar-refractivity contribution in [3.05, 3.63) is 22.6 Å². The van der Waals surface area contributed by atoms with E-state index in [1.54, 1.807) is 0 Å². The van der Waals surface area contributed by atoms with Crippen LogP contribution in [0.4, 0.5) is 3.89 Å². The molecule has 0 fully saturated rings. The number of allylic oxidation sites excluding steroid dienone is 4. The molecule has 0 spiro atoms. The molecule has 0 aromatic carbocycles. The molecule has 0 amide bonds. The zero-order valence-corrected chi connectivity index (χ0v) is 9.04. The Morgan fingerprint density at radius 1 is 1.58 bits per heavy atom.